The van der Waals surface area contributed by atoms with Gasteiger partial charge in [-0.15, -0.1) is 0 Å². The molecule has 3 rings (SSSR count). The van der Waals surface area contributed by atoms with Gasteiger partial charge in [0.2, 0.25) is 6.54 Å². The Bertz CT molecular complexity index is 823. The Kier molecular flexibility index (Phi) is 4.80. The van der Waals surface area contributed by atoms with Crippen molar-refractivity contribution in [3.05, 3.63) is 57.0 Å². The number of methoxy groups -OCH3 is 1. The van der Waals surface area contributed by atoms with Gasteiger partial charge in [0.1, 0.15) is 11.5 Å². The molecule has 7 nitrogen and oxygen atoms in total. The Balaban J connectivity index is 1.89. The van der Waals surface area contributed by atoms with Crippen LogP contribution in [0.5, 0.6) is 5.75 Å². The van der Waals surface area contributed by atoms with Crippen LogP contribution in [0.1, 0.15) is 53.6 Å². The monoisotopic (exact) mass is 358 g/mol. The van der Waals surface area contributed by atoms with E-state index in [0.717, 1.165) is 5.56 Å². The van der Waals surface area contributed by atoms with Crippen molar-refractivity contribution in [3.63, 3.8) is 0 Å². The number of Topliss-reactive ketones (excluding diaryl/α,β-unsaturated/α-hetero) is 1. The molecule has 2 aromatic rings. The zero-order valence-electron chi connectivity index (χ0n) is 15.2. The van der Waals surface area contributed by atoms with E-state index in [-0.39, 0.29) is 29.1 Å². The summed E-state index contributed by atoms with van der Waals surface area (Å²) < 4.78 is 10.5. The van der Waals surface area contributed by atoms with E-state index in [0.29, 0.717) is 35.6 Å². The van der Waals surface area contributed by atoms with Gasteiger partial charge in [0, 0.05) is 24.2 Å². The van der Waals surface area contributed by atoms with Crippen LogP contribution in [0.3, 0.4) is 0 Å². The number of nitrogens with zero attached hydrogens (tertiary/aromatic N) is 2. The second kappa shape index (κ2) is 6.90. The van der Waals surface area contributed by atoms with Gasteiger partial charge in [-0.3, -0.25) is 14.9 Å². The van der Waals surface area contributed by atoms with Crippen molar-refractivity contribution < 1.29 is 19.0 Å². The molecule has 0 N–H and O–H groups in total. The van der Waals surface area contributed by atoms with Gasteiger partial charge < -0.3 is 9.26 Å². The van der Waals surface area contributed by atoms with Gasteiger partial charge in [-0.2, -0.15) is 0 Å². The van der Waals surface area contributed by atoms with Crippen LogP contribution in [0.4, 0.5) is 0 Å². The van der Waals surface area contributed by atoms with Crippen LogP contribution in [-0.4, -0.2) is 29.5 Å². The van der Waals surface area contributed by atoms with Crippen LogP contribution in [0.2, 0.25) is 0 Å². The summed E-state index contributed by atoms with van der Waals surface area (Å²) in [6.07, 6.45) is 1.36. The highest BCUT2D eigenvalue weighted by molar-refractivity contribution is 5.99. The van der Waals surface area contributed by atoms with E-state index in [9.17, 15) is 14.9 Å². The standard InChI is InChI=1S/C19H22N2O5/c1-19(2)9-16(22)18-15(20-26-17(18)10-19)8-13(11-21(23)24)12-4-6-14(25-3)7-5-12/h4-7,13H,8-11H2,1-3H3. The van der Waals surface area contributed by atoms with E-state index >= 15 is 0 Å². The van der Waals surface area contributed by atoms with Gasteiger partial charge in [0.05, 0.1) is 24.3 Å². The summed E-state index contributed by atoms with van der Waals surface area (Å²) in [4.78, 5) is 23.4. The van der Waals surface area contributed by atoms with Crippen molar-refractivity contribution in [3.8, 4) is 5.75 Å². The van der Waals surface area contributed by atoms with E-state index < -0.39 is 5.92 Å². The van der Waals surface area contributed by atoms with Gasteiger partial charge in [-0.1, -0.05) is 31.1 Å². The average molecular weight is 358 g/mol. The van der Waals surface area contributed by atoms with Gasteiger partial charge in [-0.25, -0.2) is 0 Å². The van der Waals surface area contributed by atoms with Crippen LogP contribution in [0, 0.1) is 15.5 Å². The lowest BCUT2D eigenvalue weighted by molar-refractivity contribution is -0.483. The second-order valence-corrected chi connectivity index (χ2v) is 7.56. The topological polar surface area (TPSA) is 95.5 Å². The number of hydrogen-bond donors (Lipinski definition) is 0. The van der Waals surface area contributed by atoms with Gasteiger partial charge in [0.15, 0.2) is 5.78 Å². The molecule has 138 valence electrons. The molecular weight excluding hydrogens is 336 g/mol. The van der Waals surface area contributed by atoms with E-state index in [4.69, 9.17) is 9.26 Å². The lowest BCUT2D eigenvalue weighted by Gasteiger charge is -2.26. The number of ketones is 1. The minimum atomic E-state index is -0.396. The third-order valence-corrected chi connectivity index (χ3v) is 4.79. The number of rotatable bonds is 6. The zero-order chi connectivity index (χ0) is 18.9. The van der Waals surface area contributed by atoms with Crippen LogP contribution >= 0.6 is 0 Å². The van der Waals surface area contributed by atoms with Crippen LogP contribution in [0.15, 0.2) is 28.8 Å². The van der Waals surface area contributed by atoms with Gasteiger partial charge in [-0.05, 0) is 23.1 Å². The zero-order valence-corrected chi connectivity index (χ0v) is 15.2. The predicted molar refractivity (Wildman–Crippen MR) is 94.2 cm³/mol. The summed E-state index contributed by atoms with van der Waals surface area (Å²) in [6.45, 7) is 3.79. The van der Waals surface area contributed by atoms with Crippen LogP contribution in [0.25, 0.3) is 0 Å². The normalized spacial score (nSPS) is 16.8. The first-order chi connectivity index (χ1) is 12.3. The summed E-state index contributed by atoms with van der Waals surface area (Å²) in [5, 5.41) is 15.2. The first-order valence-electron chi connectivity index (χ1n) is 8.55. The highest BCUT2D eigenvalue weighted by atomic mass is 16.6. The number of carbonyl (C=O) groups excluding carboxylic acids is 1. The summed E-state index contributed by atoms with van der Waals surface area (Å²) in [7, 11) is 1.57. The Morgan fingerprint density at radius 2 is 2.00 bits per heavy atom. The van der Waals surface area contributed by atoms with E-state index in [1.807, 2.05) is 26.0 Å². The van der Waals surface area contributed by atoms with Crippen molar-refractivity contribution in [1.82, 2.24) is 5.16 Å². The molecule has 0 saturated heterocycles. The molecule has 0 amide bonds. The van der Waals surface area contributed by atoms with Gasteiger partial charge in [0.25, 0.3) is 0 Å². The van der Waals surface area contributed by atoms with Crippen molar-refractivity contribution in [1.29, 1.82) is 0 Å². The number of ether oxygens (including phenoxy) is 1. The highest BCUT2D eigenvalue weighted by Crippen LogP contribution is 2.37. The molecule has 0 aliphatic heterocycles. The average Bonchev–Trinajstić information content (AvgIpc) is 2.95. The minimum Gasteiger partial charge on any atom is -0.497 e. The van der Waals surface area contributed by atoms with Crippen molar-refractivity contribution in [2.45, 2.75) is 39.0 Å². The highest BCUT2D eigenvalue weighted by Gasteiger charge is 2.37. The molecule has 0 radical (unpaired) electrons. The Hall–Kier alpha value is -2.70. The molecule has 1 heterocycles. The van der Waals surface area contributed by atoms with Crippen LogP contribution < -0.4 is 4.74 Å². The smallest absolute Gasteiger partial charge is 0.211 e. The molecule has 7 heteroatoms. The number of fused-ring (bicyclic) bond motifs is 1. The first-order valence-corrected chi connectivity index (χ1v) is 8.55. The van der Waals surface area contributed by atoms with Gasteiger partial charge >= 0.3 is 0 Å². The molecule has 1 aromatic heterocycles. The largest absolute Gasteiger partial charge is 0.497 e. The number of carbonyl (C=O) groups is 1. The van der Waals surface area contributed by atoms with Crippen molar-refractivity contribution in [2.24, 2.45) is 5.41 Å². The maximum absolute atomic E-state index is 12.6. The summed E-state index contributed by atoms with van der Waals surface area (Å²) in [6, 6.07) is 7.16. The molecule has 1 aromatic carbocycles. The fourth-order valence-electron chi connectivity index (χ4n) is 3.54. The number of hydrogen-bond acceptors (Lipinski definition) is 6. The molecule has 0 spiro atoms. The molecule has 26 heavy (non-hydrogen) atoms. The van der Waals surface area contributed by atoms with Crippen molar-refractivity contribution >= 4 is 5.78 Å². The molecule has 0 bridgehead atoms. The Morgan fingerprint density at radius 3 is 2.62 bits per heavy atom. The van der Waals surface area contributed by atoms with Crippen molar-refractivity contribution in [2.75, 3.05) is 13.7 Å². The fourth-order valence-corrected chi connectivity index (χ4v) is 3.54. The molecule has 1 unspecified atom stereocenters. The number of nitro groups is 1. The maximum Gasteiger partial charge on any atom is 0.211 e. The van der Waals surface area contributed by atoms with Crippen LogP contribution in [-0.2, 0) is 12.8 Å². The molecule has 1 aliphatic carbocycles. The quantitative estimate of drug-likeness (QED) is 0.580. The summed E-state index contributed by atoms with van der Waals surface area (Å²) in [5.41, 5.74) is 1.69. The Morgan fingerprint density at radius 1 is 1.31 bits per heavy atom. The number of benzene rings is 1. The van der Waals surface area contributed by atoms with E-state index in [1.165, 1.54) is 0 Å². The summed E-state index contributed by atoms with van der Waals surface area (Å²) in [5.74, 6) is 0.885. The molecule has 0 fully saturated rings. The summed E-state index contributed by atoms with van der Waals surface area (Å²) >= 11 is 0. The third kappa shape index (κ3) is 3.76. The molecule has 1 aliphatic rings. The molecule has 1 atom stereocenters. The minimum absolute atomic E-state index is 0.00193. The molecule has 0 saturated carbocycles. The number of aromatic nitrogens is 1. The first kappa shape index (κ1) is 18.1. The second-order valence-electron chi connectivity index (χ2n) is 7.56. The fraction of sp³-hybridized carbons (Fsp3) is 0.474. The molecular formula is C19H22N2O5. The van der Waals surface area contributed by atoms with E-state index in [1.54, 1.807) is 19.2 Å². The lowest BCUT2D eigenvalue weighted by atomic mass is 9.75. The lowest BCUT2D eigenvalue weighted by Crippen LogP contribution is -2.27. The van der Waals surface area contributed by atoms with E-state index in [2.05, 4.69) is 5.16 Å². The SMILES string of the molecule is COc1ccc(C(Cc2noc3c2C(=O)CC(C)(C)C3)C[N+](=O)[O-])cc1. The predicted octanol–water partition coefficient (Wildman–Crippen LogP) is 3.44. The third-order valence-electron chi connectivity index (χ3n) is 4.79. The Labute approximate surface area is 151 Å². The maximum atomic E-state index is 12.6.